The van der Waals surface area contributed by atoms with Crippen LogP contribution in [-0.4, -0.2) is 95.9 Å². The molecular weight excluding hydrogens is 1650 g/mol. The Bertz CT molecular complexity index is 2980. The van der Waals surface area contributed by atoms with Gasteiger partial charge >= 0.3 is 33.6 Å². The summed E-state index contributed by atoms with van der Waals surface area (Å²) in [6, 6.07) is 0. The van der Waals surface area contributed by atoms with Gasteiger partial charge in [-0.15, -0.1) is 0 Å². The number of carbonyl (C=O) groups excluding carboxylic acids is 3. The number of hydrogen-bond donors (Lipinski definition) is 4. The minimum absolute atomic E-state index is 0.0918. The number of ether oxygens (including phenoxy) is 3. The van der Waals surface area contributed by atoms with E-state index in [-0.39, 0.29) is 19.3 Å². The van der Waals surface area contributed by atoms with Gasteiger partial charge in [-0.1, -0.05) is 455 Å². The number of hydrogen-bond acceptors (Lipinski definition) is 14. The maximum Gasteiger partial charge on any atom is 0.472 e. The summed E-state index contributed by atoms with van der Waals surface area (Å²) < 4.78 is 61.7. The molecule has 0 bridgehead atoms. The molecule has 0 saturated carbocycles. The minimum atomic E-state index is -4.95. The summed E-state index contributed by atoms with van der Waals surface area (Å²) in [5, 5.41) is 20.8. The second-order valence-corrected chi connectivity index (χ2v) is 38.2. The van der Waals surface area contributed by atoms with Crippen molar-refractivity contribution in [1.29, 1.82) is 0 Å². The predicted octanol–water partition coefficient (Wildman–Crippen LogP) is 33.6. The van der Waals surface area contributed by atoms with Gasteiger partial charge in [-0.25, -0.2) is 9.13 Å². The molecule has 0 aromatic heterocycles. The van der Waals surface area contributed by atoms with E-state index >= 15 is 0 Å². The van der Waals surface area contributed by atoms with Gasteiger partial charge in [0.15, 0.2) is 6.10 Å². The average molecular weight is 1850 g/mol. The molecule has 129 heavy (non-hydrogen) atoms. The fourth-order valence-corrected chi connectivity index (χ4v) is 16.3. The summed E-state index contributed by atoms with van der Waals surface area (Å²) >= 11 is 0. The van der Waals surface area contributed by atoms with Gasteiger partial charge in [0.2, 0.25) is 0 Å². The van der Waals surface area contributed by atoms with Crippen molar-refractivity contribution in [2.45, 2.75) is 489 Å². The number of phosphoric acid groups is 2. The van der Waals surface area contributed by atoms with Crippen molar-refractivity contribution in [2.24, 2.45) is 0 Å². The van der Waals surface area contributed by atoms with Crippen molar-refractivity contribution >= 4 is 33.6 Å². The topological polar surface area (TPSA) is 231 Å². The Labute approximate surface area is 790 Å². The van der Waals surface area contributed by atoms with Gasteiger partial charge in [0.25, 0.3) is 0 Å². The van der Waals surface area contributed by atoms with Crippen LogP contribution in [-0.2, 0) is 55.8 Å². The maximum absolute atomic E-state index is 13.1. The second kappa shape index (κ2) is 102. The lowest BCUT2D eigenvalue weighted by atomic mass is 10.0. The van der Waals surface area contributed by atoms with Gasteiger partial charge < -0.3 is 34.2 Å². The monoisotopic (exact) mass is 1850 g/mol. The van der Waals surface area contributed by atoms with E-state index in [2.05, 4.69) is 179 Å². The number of phosphoric ester groups is 2. The molecule has 0 rings (SSSR count). The number of allylic oxidation sites excluding steroid dienone is 26. The first-order chi connectivity index (χ1) is 63.2. The van der Waals surface area contributed by atoms with Crippen LogP contribution in [0.15, 0.2) is 158 Å². The highest BCUT2D eigenvalue weighted by Crippen LogP contribution is 2.45. The molecule has 5 unspecified atom stereocenters. The fourth-order valence-electron chi connectivity index (χ4n) is 14.7. The van der Waals surface area contributed by atoms with Crippen molar-refractivity contribution in [3.05, 3.63) is 158 Å². The van der Waals surface area contributed by atoms with Gasteiger partial charge in [-0.2, -0.15) is 0 Å². The summed E-state index contributed by atoms with van der Waals surface area (Å²) in [5.74, 6) is -1.56. The SMILES string of the molecule is CC/C=C\C/C=C\C/C=C\C/C=C\C/C=C\CCCCCCCCCCCCCCCCCCCCCC(=O)OCC(O)COP(=O)(O)OCC(O)COP(=O)(O)OCC(COC(=O)CCCCCCCCCCCCCCCCCCCCC/C=C\C/C=C\C/C=C\C/C=C\CCCCC)OC(=O)CCCCCCCCC/C=C\C/C=C\C/C=C\C/C=C\CCCCC. The predicted molar refractivity (Wildman–Crippen MR) is 546 cm³/mol. The minimum Gasteiger partial charge on any atom is -0.463 e. The number of rotatable bonds is 100. The highest BCUT2D eigenvalue weighted by molar-refractivity contribution is 7.47. The van der Waals surface area contributed by atoms with E-state index < -0.39 is 91.5 Å². The van der Waals surface area contributed by atoms with Crippen LogP contribution in [0.3, 0.4) is 0 Å². The van der Waals surface area contributed by atoms with E-state index in [9.17, 15) is 43.5 Å². The Morgan fingerprint density at radius 3 is 0.651 bits per heavy atom. The fraction of sp³-hybridized carbons (Fsp3) is 0.739. The van der Waals surface area contributed by atoms with Crippen LogP contribution in [0.1, 0.15) is 470 Å². The molecule has 0 fully saturated rings. The standard InChI is InChI=1S/C111H194O16P2/c1-4-7-10-13-16-19-22-25-28-31-34-37-40-42-44-46-48-50-52-54-56-58-60-62-65-67-70-73-76-79-82-85-88-91-94-97-109(114)121-100-106(112)101-123-128(117,118)124-102-107(113)103-125-129(119,120)126-105-108(127-111(116)99-96-93-90-87-84-81-78-75-72-69-64-39-36-33-30-27-24-21-18-15-12-9-6-3)104-122-110(115)98-95-92-89-86-83-80-77-74-71-68-66-63-61-59-57-55-53-51-49-47-45-43-41-38-35-32-29-26-23-20-17-14-11-8-5-2/h7,10,16-21,25-30,34-39,42-45,69,72,106-108,112-113H,4-6,8-9,11-15,22-24,31-33,40-41,46-68,70-71,73-105H2,1-3H3,(H,117,118)(H,119,120)/b10-7-,19-16-,20-17-,21-18-,28-25-,29-26-,30-27-,37-34-,38-35-,39-36-,44-42-,45-43-,72-69-. The van der Waals surface area contributed by atoms with Gasteiger partial charge in [0.05, 0.1) is 26.4 Å². The van der Waals surface area contributed by atoms with Crippen molar-refractivity contribution in [3.63, 3.8) is 0 Å². The number of unbranched alkanes of at least 4 members (excludes halogenated alkanes) is 51. The van der Waals surface area contributed by atoms with Crippen LogP contribution in [0.5, 0.6) is 0 Å². The summed E-state index contributed by atoms with van der Waals surface area (Å²) in [4.78, 5) is 59.2. The molecule has 16 nitrogen and oxygen atoms in total. The lowest BCUT2D eigenvalue weighted by Gasteiger charge is -2.21. The van der Waals surface area contributed by atoms with E-state index in [0.717, 1.165) is 154 Å². The molecule has 0 heterocycles. The second-order valence-electron chi connectivity index (χ2n) is 35.3. The van der Waals surface area contributed by atoms with E-state index in [4.69, 9.17) is 32.3 Å². The summed E-state index contributed by atoms with van der Waals surface area (Å²) in [6.07, 6.45) is 133. The Balaban J connectivity index is 4.53. The highest BCUT2D eigenvalue weighted by Gasteiger charge is 2.30. The molecule has 0 spiro atoms. The molecule has 0 aromatic rings. The highest BCUT2D eigenvalue weighted by atomic mass is 31.2. The van der Waals surface area contributed by atoms with Crippen molar-refractivity contribution in [3.8, 4) is 0 Å². The summed E-state index contributed by atoms with van der Waals surface area (Å²) in [6.45, 7) is 2.59. The van der Waals surface area contributed by atoms with E-state index in [1.807, 2.05) is 0 Å². The van der Waals surface area contributed by atoms with Crippen molar-refractivity contribution in [2.75, 3.05) is 39.6 Å². The lowest BCUT2D eigenvalue weighted by molar-refractivity contribution is -0.161. The molecule has 744 valence electrons. The molecule has 0 amide bonds. The van der Waals surface area contributed by atoms with Crippen LogP contribution in [0.25, 0.3) is 0 Å². The molecule has 18 heteroatoms. The number of esters is 3. The van der Waals surface area contributed by atoms with Crippen molar-refractivity contribution in [1.82, 2.24) is 0 Å². The van der Waals surface area contributed by atoms with Gasteiger partial charge in [0.1, 0.15) is 25.4 Å². The van der Waals surface area contributed by atoms with Crippen molar-refractivity contribution < 1.29 is 75.8 Å². The normalized spacial score (nSPS) is 14.3. The van der Waals surface area contributed by atoms with Crippen LogP contribution < -0.4 is 0 Å². The first kappa shape index (κ1) is 124. The third-order valence-corrected chi connectivity index (χ3v) is 24.6. The lowest BCUT2D eigenvalue weighted by Crippen LogP contribution is -2.30. The molecule has 0 aliphatic carbocycles. The molecular formula is C111H194O16P2. The summed E-state index contributed by atoms with van der Waals surface area (Å²) in [7, 11) is -9.82. The maximum atomic E-state index is 13.1. The molecule has 5 atom stereocenters. The Morgan fingerprint density at radius 2 is 0.411 bits per heavy atom. The number of aliphatic hydroxyl groups excluding tert-OH is 2. The van der Waals surface area contributed by atoms with E-state index in [0.29, 0.717) is 19.3 Å². The van der Waals surface area contributed by atoms with Gasteiger partial charge in [-0.05, 0) is 154 Å². The average Bonchev–Trinajstić information content (AvgIpc) is 0.899. The molecule has 0 radical (unpaired) electrons. The largest absolute Gasteiger partial charge is 0.472 e. The first-order valence-electron chi connectivity index (χ1n) is 52.8. The first-order valence-corrected chi connectivity index (χ1v) is 55.8. The smallest absolute Gasteiger partial charge is 0.463 e. The Hall–Kier alpha value is -4.83. The zero-order valence-electron chi connectivity index (χ0n) is 82.6. The molecule has 0 aliphatic heterocycles. The molecule has 0 saturated heterocycles. The summed E-state index contributed by atoms with van der Waals surface area (Å²) in [5.41, 5.74) is 0. The number of aliphatic hydroxyl groups is 2. The quantitative estimate of drug-likeness (QED) is 0.0146. The van der Waals surface area contributed by atoms with Crippen LogP contribution >= 0.6 is 15.6 Å². The van der Waals surface area contributed by atoms with Crippen LogP contribution in [0.2, 0.25) is 0 Å². The number of carbonyl (C=O) groups is 3. The molecule has 4 N–H and O–H groups in total. The van der Waals surface area contributed by atoms with Gasteiger partial charge in [-0.3, -0.25) is 32.5 Å². The van der Waals surface area contributed by atoms with E-state index in [1.165, 1.54) is 257 Å². The third kappa shape index (κ3) is 104. The van der Waals surface area contributed by atoms with E-state index in [1.54, 1.807) is 0 Å². The zero-order chi connectivity index (χ0) is 93.5. The Kier molecular flexibility index (Phi) is 98.3. The van der Waals surface area contributed by atoms with Gasteiger partial charge in [0, 0.05) is 19.3 Å². The molecule has 0 aromatic carbocycles. The molecule has 0 aliphatic rings. The third-order valence-electron chi connectivity index (χ3n) is 22.7. The van der Waals surface area contributed by atoms with Crippen LogP contribution in [0.4, 0.5) is 0 Å². The van der Waals surface area contributed by atoms with Crippen LogP contribution in [0, 0.1) is 0 Å². The Morgan fingerprint density at radius 1 is 0.225 bits per heavy atom. The zero-order valence-corrected chi connectivity index (χ0v) is 84.4.